The summed E-state index contributed by atoms with van der Waals surface area (Å²) in [6.45, 7) is 1.86. The van der Waals surface area contributed by atoms with Gasteiger partial charge in [-0.15, -0.1) is 0 Å². The summed E-state index contributed by atoms with van der Waals surface area (Å²) < 4.78 is 25.7. The average molecular weight is 361 g/mol. The first-order valence-electron chi connectivity index (χ1n) is 7.99. The number of nitrogens with one attached hydrogen (secondary N) is 2. The molecule has 1 unspecified atom stereocenters. The third kappa shape index (κ3) is 5.04. The summed E-state index contributed by atoms with van der Waals surface area (Å²) in [4.78, 5) is 12.3. The number of anilines is 1. The van der Waals surface area contributed by atoms with Crippen molar-refractivity contribution < 1.29 is 13.2 Å². The topological polar surface area (TPSA) is 101 Å². The Bertz CT molecular complexity index is 833. The summed E-state index contributed by atoms with van der Waals surface area (Å²) in [5.41, 5.74) is 8.35. The molecular formula is C18H23N3O3S. The Morgan fingerprint density at radius 1 is 1.12 bits per heavy atom. The van der Waals surface area contributed by atoms with Crippen molar-refractivity contribution in [1.82, 2.24) is 10.0 Å². The minimum Gasteiger partial charge on any atom is -0.399 e. The lowest BCUT2D eigenvalue weighted by molar-refractivity contribution is -0.121. The SMILES string of the molecule is CNS(=O)(=O)c1ccc(C(C)NC(=O)CCc2ccccc2N)cc1. The first-order chi connectivity index (χ1) is 11.8. The highest BCUT2D eigenvalue weighted by atomic mass is 32.2. The zero-order chi connectivity index (χ0) is 18.4. The van der Waals surface area contributed by atoms with E-state index >= 15 is 0 Å². The number of benzene rings is 2. The van der Waals surface area contributed by atoms with Gasteiger partial charge >= 0.3 is 0 Å². The monoisotopic (exact) mass is 361 g/mol. The van der Waals surface area contributed by atoms with Crippen LogP contribution in [0.3, 0.4) is 0 Å². The molecule has 0 aliphatic carbocycles. The van der Waals surface area contributed by atoms with E-state index in [2.05, 4.69) is 10.0 Å². The van der Waals surface area contributed by atoms with Gasteiger partial charge in [-0.05, 0) is 49.7 Å². The van der Waals surface area contributed by atoms with Crippen LogP contribution in [0.5, 0.6) is 0 Å². The zero-order valence-electron chi connectivity index (χ0n) is 14.3. The van der Waals surface area contributed by atoms with E-state index in [0.29, 0.717) is 18.5 Å². The highest BCUT2D eigenvalue weighted by Crippen LogP contribution is 2.17. The Morgan fingerprint density at radius 2 is 1.76 bits per heavy atom. The molecule has 2 aromatic rings. The van der Waals surface area contributed by atoms with Crippen molar-refractivity contribution in [3.05, 3.63) is 59.7 Å². The van der Waals surface area contributed by atoms with Crippen LogP contribution in [0.25, 0.3) is 0 Å². The Kier molecular flexibility index (Phi) is 6.17. The highest BCUT2D eigenvalue weighted by molar-refractivity contribution is 7.89. The Hall–Kier alpha value is -2.38. The molecule has 4 N–H and O–H groups in total. The highest BCUT2D eigenvalue weighted by Gasteiger charge is 2.14. The number of carbonyl (C=O) groups excluding carboxylic acids is 1. The van der Waals surface area contributed by atoms with E-state index in [9.17, 15) is 13.2 Å². The molecule has 0 fully saturated rings. The molecule has 0 saturated heterocycles. The van der Waals surface area contributed by atoms with Crippen molar-refractivity contribution in [3.63, 3.8) is 0 Å². The van der Waals surface area contributed by atoms with Crippen LogP contribution < -0.4 is 15.8 Å². The van der Waals surface area contributed by atoms with Crippen molar-refractivity contribution in [1.29, 1.82) is 0 Å². The molecule has 1 atom stereocenters. The van der Waals surface area contributed by atoms with Crippen molar-refractivity contribution in [2.24, 2.45) is 0 Å². The van der Waals surface area contributed by atoms with Gasteiger partial charge in [-0.1, -0.05) is 30.3 Å². The molecule has 25 heavy (non-hydrogen) atoms. The smallest absolute Gasteiger partial charge is 0.240 e. The molecule has 1 amide bonds. The van der Waals surface area contributed by atoms with Crippen LogP contribution in [0, 0.1) is 0 Å². The summed E-state index contributed by atoms with van der Waals surface area (Å²) in [6.07, 6.45) is 0.912. The van der Waals surface area contributed by atoms with Gasteiger partial charge in [0, 0.05) is 12.1 Å². The fraction of sp³-hybridized carbons (Fsp3) is 0.278. The van der Waals surface area contributed by atoms with E-state index in [1.165, 1.54) is 19.2 Å². The van der Waals surface area contributed by atoms with Crippen molar-refractivity contribution >= 4 is 21.6 Å². The number of amides is 1. The molecule has 2 rings (SSSR count). The van der Waals surface area contributed by atoms with E-state index in [1.807, 2.05) is 31.2 Å². The lowest BCUT2D eigenvalue weighted by Gasteiger charge is -2.15. The third-order valence-corrected chi connectivity index (χ3v) is 5.44. The van der Waals surface area contributed by atoms with E-state index in [1.54, 1.807) is 12.1 Å². The normalized spacial score (nSPS) is 12.6. The summed E-state index contributed by atoms with van der Waals surface area (Å²) >= 11 is 0. The minimum absolute atomic E-state index is 0.0809. The largest absolute Gasteiger partial charge is 0.399 e. The molecule has 0 aromatic heterocycles. The maximum Gasteiger partial charge on any atom is 0.240 e. The number of sulfonamides is 1. The van der Waals surface area contributed by atoms with Gasteiger partial charge in [-0.2, -0.15) is 0 Å². The number of para-hydroxylation sites is 1. The predicted molar refractivity (Wildman–Crippen MR) is 98.4 cm³/mol. The number of carbonyl (C=O) groups is 1. The zero-order valence-corrected chi connectivity index (χ0v) is 15.1. The van der Waals surface area contributed by atoms with Crippen LogP contribution in [0.4, 0.5) is 5.69 Å². The quantitative estimate of drug-likeness (QED) is 0.656. The molecule has 0 aliphatic rings. The number of hydrogen-bond acceptors (Lipinski definition) is 4. The van der Waals surface area contributed by atoms with Gasteiger partial charge in [0.2, 0.25) is 15.9 Å². The molecule has 7 heteroatoms. The number of aryl methyl sites for hydroxylation is 1. The summed E-state index contributed by atoms with van der Waals surface area (Å²) in [7, 11) is -2.09. The molecule has 0 spiro atoms. The molecular weight excluding hydrogens is 338 g/mol. The van der Waals surface area contributed by atoms with Gasteiger partial charge < -0.3 is 11.1 Å². The number of hydrogen-bond donors (Lipinski definition) is 3. The van der Waals surface area contributed by atoms with Crippen molar-refractivity contribution in [3.8, 4) is 0 Å². The second-order valence-electron chi connectivity index (χ2n) is 5.76. The van der Waals surface area contributed by atoms with Crippen LogP contribution in [0.1, 0.15) is 30.5 Å². The van der Waals surface area contributed by atoms with E-state index < -0.39 is 10.0 Å². The first kappa shape index (κ1) is 19.0. The van der Waals surface area contributed by atoms with Crippen LogP contribution >= 0.6 is 0 Å². The summed E-state index contributed by atoms with van der Waals surface area (Å²) in [5.74, 6) is -0.0809. The molecule has 0 radical (unpaired) electrons. The third-order valence-electron chi connectivity index (χ3n) is 4.01. The van der Waals surface area contributed by atoms with E-state index in [0.717, 1.165) is 11.1 Å². The van der Waals surface area contributed by atoms with Gasteiger partial charge in [-0.3, -0.25) is 4.79 Å². The maximum absolute atomic E-state index is 12.1. The predicted octanol–water partition coefficient (Wildman–Crippen LogP) is 1.99. The number of rotatable bonds is 7. The van der Waals surface area contributed by atoms with Crippen LogP contribution in [-0.4, -0.2) is 21.4 Å². The lowest BCUT2D eigenvalue weighted by Crippen LogP contribution is -2.27. The number of nitrogen functional groups attached to an aromatic ring is 1. The molecule has 0 aliphatic heterocycles. The summed E-state index contributed by atoms with van der Waals surface area (Å²) in [5, 5.41) is 2.91. The van der Waals surface area contributed by atoms with Crippen LogP contribution in [0.2, 0.25) is 0 Å². The molecule has 0 saturated carbocycles. The Balaban J connectivity index is 1.94. The van der Waals surface area contributed by atoms with Gasteiger partial charge in [-0.25, -0.2) is 13.1 Å². The minimum atomic E-state index is -3.46. The standard InChI is InChI=1S/C18H23N3O3S/c1-13(14-7-10-16(11-8-14)25(23,24)20-2)21-18(22)12-9-15-5-3-4-6-17(15)19/h3-8,10-11,13,20H,9,12,19H2,1-2H3,(H,21,22). The lowest BCUT2D eigenvalue weighted by atomic mass is 10.1. The molecule has 0 heterocycles. The first-order valence-corrected chi connectivity index (χ1v) is 9.48. The second-order valence-corrected chi connectivity index (χ2v) is 7.65. The Morgan fingerprint density at radius 3 is 2.36 bits per heavy atom. The maximum atomic E-state index is 12.1. The van der Waals surface area contributed by atoms with Crippen molar-refractivity contribution in [2.45, 2.75) is 30.7 Å². The van der Waals surface area contributed by atoms with Gasteiger partial charge in [0.05, 0.1) is 10.9 Å². The number of nitrogens with two attached hydrogens (primary N) is 1. The summed E-state index contributed by atoms with van der Waals surface area (Å²) in [6, 6.07) is 13.7. The van der Waals surface area contributed by atoms with Crippen molar-refractivity contribution in [2.75, 3.05) is 12.8 Å². The van der Waals surface area contributed by atoms with Gasteiger partial charge in [0.15, 0.2) is 0 Å². The van der Waals surface area contributed by atoms with Gasteiger partial charge in [0.1, 0.15) is 0 Å². The average Bonchev–Trinajstić information content (AvgIpc) is 2.61. The van der Waals surface area contributed by atoms with Crippen LogP contribution in [-0.2, 0) is 21.2 Å². The fourth-order valence-electron chi connectivity index (χ4n) is 2.46. The Labute approximate surface area is 148 Å². The molecule has 2 aromatic carbocycles. The van der Waals surface area contributed by atoms with E-state index in [-0.39, 0.29) is 16.8 Å². The van der Waals surface area contributed by atoms with E-state index in [4.69, 9.17) is 5.73 Å². The fourth-order valence-corrected chi connectivity index (χ4v) is 3.19. The van der Waals surface area contributed by atoms with Gasteiger partial charge in [0.25, 0.3) is 0 Å². The van der Waals surface area contributed by atoms with Crippen LogP contribution in [0.15, 0.2) is 53.4 Å². The second kappa shape index (κ2) is 8.13. The molecule has 134 valence electrons. The molecule has 0 bridgehead atoms. The molecule has 6 nitrogen and oxygen atoms in total.